The number of aryl methyl sites for hydroxylation is 1. The van der Waals surface area contributed by atoms with Crippen molar-refractivity contribution in [3.63, 3.8) is 0 Å². The van der Waals surface area contributed by atoms with Gasteiger partial charge in [-0.1, -0.05) is 39.7 Å². The molecular formula is C23H27BrN3O3+. The van der Waals surface area contributed by atoms with Crippen molar-refractivity contribution in [1.82, 2.24) is 9.38 Å². The maximum Gasteiger partial charge on any atom is 0.419 e. The van der Waals surface area contributed by atoms with Crippen molar-refractivity contribution in [3.8, 4) is 0 Å². The second kappa shape index (κ2) is 8.13. The normalized spacial score (nSPS) is 26.2. The Balaban J connectivity index is 1.86. The van der Waals surface area contributed by atoms with Crippen LogP contribution in [0.1, 0.15) is 29.7 Å². The molecule has 2 aromatic carbocycles. The first-order valence-electron chi connectivity index (χ1n) is 10.2. The van der Waals surface area contributed by atoms with Crippen molar-refractivity contribution in [1.29, 1.82) is 0 Å². The van der Waals surface area contributed by atoms with Crippen LogP contribution >= 0.6 is 15.9 Å². The van der Waals surface area contributed by atoms with Gasteiger partial charge in [0.2, 0.25) is 5.91 Å². The van der Waals surface area contributed by atoms with E-state index in [-0.39, 0.29) is 22.5 Å². The van der Waals surface area contributed by atoms with E-state index in [1.165, 1.54) is 5.56 Å². The molecular weight excluding hydrogens is 446 g/mol. The molecule has 7 heteroatoms. The predicted molar refractivity (Wildman–Crippen MR) is 120 cm³/mol. The number of carbonyl (C=O) groups excluding carboxylic acids is 2. The zero-order valence-electron chi connectivity index (χ0n) is 17.3. The van der Waals surface area contributed by atoms with E-state index in [4.69, 9.17) is 10.5 Å². The lowest BCUT2D eigenvalue weighted by atomic mass is 9.89. The van der Waals surface area contributed by atoms with Crippen LogP contribution < -0.4 is 10.2 Å². The molecule has 1 saturated heterocycles. The fraction of sp³-hybridized carbons (Fsp3) is 0.391. The zero-order chi connectivity index (χ0) is 21.5. The van der Waals surface area contributed by atoms with Crippen molar-refractivity contribution < 1.29 is 14.3 Å². The van der Waals surface area contributed by atoms with Gasteiger partial charge >= 0.3 is 6.03 Å². The third-order valence-corrected chi connectivity index (χ3v) is 6.95. The lowest BCUT2D eigenvalue weighted by Crippen LogP contribution is -2.73. The van der Waals surface area contributed by atoms with E-state index in [2.05, 4.69) is 28.1 Å². The number of carbonyl (C=O) groups is 2. The molecule has 2 aromatic rings. The van der Waals surface area contributed by atoms with E-state index in [0.29, 0.717) is 26.2 Å². The molecule has 30 heavy (non-hydrogen) atoms. The van der Waals surface area contributed by atoms with Crippen LogP contribution in [0.5, 0.6) is 0 Å². The summed E-state index contributed by atoms with van der Waals surface area (Å²) < 4.78 is 7.28. The summed E-state index contributed by atoms with van der Waals surface area (Å²) in [6.07, 6.45) is 0.480. The number of halogens is 1. The lowest BCUT2D eigenvalue weighted by Gasteiger charge is -2.49. The molecule has 2 aliphatic rings. The molecule has 158 valence electrons. The molecule has 2 aliphatic heterocycles. The average molecular weight is 473 g/mol. The molecule has 0 aromatic heterocycles. The van der Waals surface area contributed by atoms with Crippen LogP contribution in [-0.4, -0.2) is 49.1 Å². The number of benzene rings is 2. The Morgan fingerprint density at radius 1 is 1.20 bits per heavy atom. The summed E-state index contributed by atoms with van der Waals surface area (Å²) in [5.41, 5.74) is 10.3. The molecule has 0 bridgehead atoms. The Labute approximate surface area is 185 Å². The topological polar surface area (TPSA) is 72.6 Å². The summed E-state index contributed by atoms with van der Waals surface area (Å²) in [6, 6.07) is 13.4. The molecule has 0 radical (unpaired) electrons. The van der Waals surface area contributed by atoms with Crippen LogP contribution in [-0.2, 0) is 16.0 Å². The Kier molecular flexibility index (Phi) is 5.70. The summed E-state index contributed by atoms with van der Waals surface area (Å²) in [6.45, 7) is 5.46. The quantitative estimate of drug-likeness (QED) is 0.677. The largest absolute Gasteiger partial charge is 0.419 e. The van der Waals surface area contributed by atoms with Gasteiger partial charge in [0.1, 0.15) is 18.3 Å². The summed E-state index contributed by atoms with van der Waals surface area (Å²) >= 11 is 3.55. The molecule has 0 aliphatic carbocycles. The van der Waals surface area contributed by atoms with Crippen LogP contribution in [0.2, 0.25) is 0 Å². The second-order valence-corrected chi connectivity index (χ2v) is 9.10. The van der Waals surface area contributed by atoms with Gasteiger partial charge in [0, 0.05) is 11.4 Å². The highest BCUT2D eigenvalue weighted by Crippen LogP contribution is 2.41. The predicted octanol–water partition coefficient (Wildman–Crippen LogP) is 3.69. The average Bonchev–Trinajstić information content (AvgIpc) is 2.73. The minimum atomic E-state index is -0.417. The van der Waals surface area contributed by atoms with Crippen molar-refractivity contribution in [2.24, 2.45) is 5.73 Å². The smallest absolute Gasteiger partial charge is 0.367 e. The SMILES string of the molecule is CC(=O)N1CC[N+](C(N)=O)(c2ccc(C)cc2)C(C2OCCc3cc(Br)ccc32)C1. The van der Waals surface area contributed by atoms with Crippen molar-refractivity contribution >= 4 is 33.6 Å². The van der Waals surface area contributed by atoms with Gasteiger partial charge in [0.25, 0.3) is 0 Å². The Morgan fingerprint density at radius 2 is 1.93 bits per heavy atom. The number of ether oxygens (including phenoxy) is 1. The Morgan fingerprint density at radius 3 is 2.60 bits per heavy atom. The highest BCUT2D eigenvalue weighted by Gasteiger charge is 2.54. The van der Waals surface area contributed by atoms with Gasteiger partial charge in [-0.05, 0) is 48.7 Å². The van der Waals surface area contributed by atoms with E-state index in [1.807, 2.05) is 37.3 Å². The first kappa shape index (κ1) is 21.0. The third-order valence-electron chi connectivity index (χ3n) is 6.46. The van der Waals surface area contributed by atoms with Gasteiger partial charge in [-0.2, -0.15) is 0 Å². The molecule has 3 atom stereocenters. The van der Waals surface area contributed by atoms with E-state index in [9.17, 15) is 9.59 Å². The first-order chi connectivity index (χ1) is 14.3. The third kappa shape index (κ3) is 3.55. The summed E-state index contributed by atoms with van der Waals surface area (Å²) in [5, 5.41) is 0. The molecule has 4 rings (SSSR count). The second-order valence-electron chi connectivity index (χ2n) is 8.18. The summed E-state index contributed by atoms with van der Waals surface area (Å²) in [4.78, 5) is 27.1. The number of hydrogen-bond acceptors (Lipinski definition) is 3. The number of urea groups is 1. The highest BCUT2D eigenvalue weighted by atomic mass is 79.9. The van der Waals surface area contributed by atoms with Gasteiger partial charge in [-0.15, -0.1) is 0 Å². The van der Waals surface area contributed by atoms with Crippen LogP contribution in [0.25, 0.3) is 0 Å². The molecule has 3 amide bonds. The monoisotopic (exact) mass is 472 g/mol. The van der Waals surface area contributed by atoms with E-state index >= 15 is 0 Å². The number of piperazine rings is 1. The first-order valence-corrected chi connectivity index (χ1v) is 11.0. The van der Waals surface area contributed by atoms with E-state index < -0.39 is 6.03 Å². The highest BCUT2D eigenvalue weighted by molar-refractivity contribution is 9.10. The van der Waals surface area contributed by atoms with E-state index in [0.717, 1.165) is 27.7 Å². The molecule has 1 fully saturated rings. The number of fused-ring (bicyclic) bond motifs is 1. The van der Waals surface area contributed by atoms with Crippen molar-refractivity contribution in [2.75, 3.05) is 26.2 Å². The molecule has 0 spiro atoms. The zero-order valence-corrected chi connectivity index (χ0v) is 18.9. The van der Waals surface area contributed by atoms with Crippen LogP contribution in [0, 0.1) is 6.92 Å². The molecule has 2 N–H and O–H groups in total. The van der Waals surface area contributed by atoms with Gasteiger partial charge in [-0.25, -0.2) is 9.28 Å². The van der Waals surface area contributed by atoms with Crippen molar-refractivity contribution in [2.45, 2.75) is 32.4 Å². The van der Waals surface area contributed by atoms with Gasteiger partial charge in [-0.3, -0.25) is 4.79 Å². The number of nitrogens with two attached hydrogens (primary N) is 1. The number of hydrogen-bond donors (Lipinski definition) is 1. The Hall–Kier alpha value is -2.22. The fourth-order valence-electron chi connectivity index (χ4n) is 4.82. The maximum absolute atomic E-state index is 13.1. The van der Waals surface area contributed by atoms with Gasteiger partial charge in [0.05, 0.1) is 19.7 Å². The summed E-state index contributed by atoms with van der Waals surface area (Å²) in [7, 11) is 0. The molecule has 2 heterocycles. The van der Waals surface area contributed by atoms with Crippen molar-refractivity contribution in [3.05, 3.63) is 63.6 Å². The molecule has 0 saturated carbocycles. The standard InChI is InChI=1S/C23H26BrN3O3/c1-15-3-6-19(7-4-15)27(23(25)29)11-10-26(16(2)28)14-21(27)22-20-8-5-18(24)13-17(20)9-12-30-22/h3-8,13,21-22H,9-12,14H2,1-2H3,(H-,25,29)/p+1. The number of rotatable bonds is 2. The maximum atomic E-state index is 13.1. The van der Waals surface area contributed by atoms with Crippen LogP contribution in [0.3, 0.4) is 0 Å². The Bertz CT molecular complexity index is 978. The van der Waals surface area contributed by atoms with Gasteiger partial charge in [0.15, 0.2) is 6.04 Å². The number of amides is 3. The number of quaternary nitrogens is 1. The minimum absolute atomic E-state index is 0.00184. The molecule has 3 unspecified atom stereocenters. The van der Waals surface area contributed by atoms with E-state index in [1.54, 1.807) is 11.8 Å². The molecule has 6 nitrogen and oxygen atoms in total. The summed E-state index contributed by atoms with van der Waals surface area (Å²) in [5.74, 6) is -0.00184. The number of primary amides is 1. The fourth-order valence-corrected chi connectivity index (χ4v) is 5.23. The van der Waals surface area contributed by atoms with Crippen LogP contribution in [0.4, 0.5) is 10.5 Å². The minimum Gasteiger partial charge on any atom is -0.367 e. The van der Waals surface area contributed by atoms with Crippen LogP contribution in [0.15, 0.2) is 46.9 Å². The lowest BCUT2D eigenvalue weighted by molar-refractivity contribution is -0.133. The number of nitrogens with zero attached hydrogens (tertiary/aromatic N) is 2. The van der Waals surface area contributed by atoms with Gasteiger partial charge < -0.3 is 15.4 Å².